The zero-order chi connectivity index (χ0) is 21.7. The molecule has 0 aliphatic carbocycles. The lowest BCUT2D eigenvalue weighted by Crippen LogP contribution is -2.33. The van der Waals surface area contributed by atoms with Gasteiger partial charge in [0, 0.05) is 0 Å². The van der Waals surface area contributed by atoms with Gasteiger partial charge in [-0.15, -0.1) is 0 Å². The van der Waals surface area contributed by atoms with Crippen molar-refractivity contribution < 1.29 is 47.6 Å². The predicted octanol–water partition coefficient (Wildman–Crippen LogP) is -2.87. The van der Waals surface area contributed by atoms with E-state index in [0.717, 1.165) is 4.57 Å². The van der Waals surface area contributed by atoms with Crippen molar-refractivity contribution in [1.29, 1.82) is 0 Å². The van der Waals surface area contributed by atoms with E-state index in [-0.39, 0.29) is 23.1 Å². The van der Waals surface area contributed by atoms with Gasteiger partial charge < -0.3 is 41.1 Å². The molecular weight excluding hydrogens is 442 g/mol. The molecule has 10 N–H and O–H groups in total. The Kier molecular flexibility index (Phi) is 5.57. The van der Waals surface area contributed by atoms with E-state index >= 15 is 0 Å². The van der Waals surface area contributed by atoms with Crippen molar-refractivity contribution in [2.24, 2.45) is 0 Å². The maximum atomic E-state index is 11.9. The molecule has 0 saturated carbocycles. The van der Waals surface area contributed by atoms with E-state index < -0.39 is 52.4 Å². The Morgan fingerprint density at radius 2 is 1.83 bits per heavy atom. The van der Waals surface area contributed by atoms with Gasteiger partial charge >= 0.3 is 15.6 Å². The highest BCUT2D eigenvalue weighted by atomic mass is 31.3. The van der Waals surface area contributed by atoms with E-state index in [2.05, 4.69) is 23.8 Å². The van der Waals surface area contributed by atoms with E-state index in [0.29, 0.717) is 0 Å². The Morgan fingerprint density at radius 1 is 1.17 bits per heavy atom. The summed E-state index contributed by atoms with van der Waals surface area (Å²) in [5.41, 5.74) is 10.1. The summed E-state index contributed by atoms with van der Waals surface area (Å²) in [6.07, 6.45) is -6.32. The average Bonchev–Trinajstić information content (AvgIpc) is 3.01. The highest BCUT2D eigenvalue weighted by Gasteiger charge is 2.46. The lowest BCUT2D eigenvalue weighted by atomic mass is 10.1. The van der Waals surface area contributed by atoms with Crippen molar-refractivity contribution in [2.75, 3.05) is 18.1 Å². The summed E-state index contributed by atoms with van der Waals surface area (Å²) in [5, 5.41) is 20.4. The fraction of sp³-hybridized carbons (Fsp3) is 0.500. The van der Waals surface area contributed by atoms with Crippen LogP contribution in [0.25, 0.3) is 11.2 Å². The Bertz CT molecular complexity index is 1080. The maximum Gasteiger partial charge on any atom is 0.481 e. The SMILES string of the molecule is Nc1nc2c(nc(N)n2[C@@H]2O[C@H](COP(=O)(O)OP(=O)(O)O)[C@@H](O)[C@H]2O)c(=O)[nH]1. The number of hydrogen-bond acceptors (Lipinski definition) is 12. The van der Waals surface area contributed by atoms with Crippen molar-refractivity contribution in [3.8, 4) is 0 Å². The number of anilines is 2. The summed E-state index contributed by atoms with van der Waals surface area (Å²) < 4.78 is 36.5. The minimum absolute atomic E-state index is 0.167. The number of aliphatic hydroxyl groups is 2. The minimum Gasteiger partial charge on any atom is -0.387 e. The largest absolute Gasteiger partial charge is 0.481 e. The fourth-order valence-corrected chi connectivity index (χ4v) is 4.27. The van der Waals surface area contributed by atoms with Gasteiger partial charge in [0.2, 0.25) is 11.9 Å². The second-order valence-corrected chi connectivity index (χ2v) is 8.68. The molecule has 0 spiro atoms. The third-order valence-corrected chi connectivity index (χ3v) is 5.95. The molecule has 0 aromatic carbocycles. The zero-order valence-electron chi connectivity index (χ0n) is 14.1. The summed E-state index contributed by atoms with van der Waals surface area (Å²) in [7, 11) is -10.6. The van der Waals surface area contributed by atoms with Gasteiger partial charge in [-0.05, 0) is 0 Å². The normalized spacial score (nSPS) is 27.3. The van der Waals surface area contributed by atoms with Crippen molar-refractivity contribution in [3.63, 3.8) is 0 Å². The number of aliphatic hydroxyl groups excluding tert-OH is 2. The standard InChI is InChI=1S/C10H16N6O11P2/c11-9-14-6-3(7(19)15-9)13-10(12)16(6)8-5(18)4(17)2(26-8)1-25-29(23,24)27-28(20,21)22/h2,4-5,8,17-18H,1H2,(H2,12,13)(H,23,24)(H2,20,21,22)(H3,11,14,15,19)/t2-,4-,5-,8-/m1/s1. The van der Waals surface area contributed by atoms with Crippen LogP contribution in [0.2, 0.25) is 0 Å². The number of H-pyrrole nitrogens is 1. The molecule has 5 atom stereocenters. The molecule has 2 aromatic heterocycles. The van der Waals surface area contributed by atoms with Crippen molar-refractivity contribution >= 4 is 38.7 Å². The molecule has 17 nitrogen and oxygen atoms in total. The molecule has 0 radical (unpaired) electrons. The van der Waals surface area contributed by atoms with Crippen LogP contribution in [0, 0.1) is 0 Å². The number of nitrogen functional groups attached to an aromatic ring is 2. The summed E-state index contributed by atoms with van der Waals surface area (Å²) >= 11 is 0. The quantitative estimate of drug-likeness (QED) is 0.202. The molecule has 1 aliphatic rings. The van der Waals surface area contributed by atoms with E-state index in [1.807, 2.05) is 0 Å². The van der Waals surface area contributed by atoms with Crippen LogP contribution in [-0.2, 0) is 22.7 Å². The second kappa shape index (κ2) is 7.41. The number of imidazole rings is 1. The number of nitrogens with one attached hydrogen (secondary N) is 1. The smallest absolute Gasteiger partial charge is 0.387 e. The molecule has 1 unspecified atom stereocenters. The minimum atomic E-state index is -5.34. The molecule has 2 aromatic rings. The third-order valence-electron chi connectivity index (χ3n) is 3.80. The number of fused-ring (bicyclic) bond motifs is 1. The van der Waals surface area contributed by atoms with Crippen LogP contribution in [-0.4, -0.2) is 69.3 Å². The van der Waals surface area contributed by atoms with Crippen molar-refractivity contribution in [2.45, 2.75) is 24.5 Å². The summed E-state index contributed by atoms with van der Waals surface area (Å²) in [6, 6.07) is 0. The number of phosphoric ester groups is 1. The van der Waals surface area contributed by atoms with Crippen LogP contribution in [0.5, 0.6) is 0 Å². The van der Waals surface area contributed by atoms with Crippen LogP contribution in [0.4, 0.5) is 11.9 Å². The first-order valence-electron chi connectivity index (χ1n) is 7.58. The van der Waals surface area contributed by atoms with E-state index in [4.69, 9.17) is 26.0 Å². The molecular formula is C10H16N6O11P2. The van der Waals surface area contributed by atoms with E-state index in [1.165, 1.54) is 0 Å². The highest BCUT2D eigenvalue weighted by Crippen LogP contribution is 2.57. The van der Waals surface area contributed by atoms with Gasteiger partial charge in [-0.25, -0.2) is 14.1 Å². The first-order chi connectivity index (χ1) is 13.3. The molecule has 19 heteroatoms. The zero-order valence-corrected chi connectivity index (χ0v) is 15.9. The molecule has 162 valence electrons. The highest BCUT2D eigenvalue weighted by molar-refractivity contribution is 7.60. The molecule has 3 rings (SSSR count). The van der Waals surface area contributed by atoms with Crippen LogP contribution in [0.3, 0.4) is 0 Å². The van der Waals surface area contributed by atoms with Crippen molar-refractivity contribution in [1.82, 2.24) is 19.5 Å². The number of rotatable bonds is 6. The van der Waals surface area contributed by atoms with Gasteiger partial charge in [-0.3, -0.25) is 18.9 Å². The fourth-order valence-electron chi connectivity index (χ4n) is 2.67. The summed E-state index contributed by atoms with van der Waals surface area (Å²) in [4.78, 5) is 48.2. The second-order valence-electron chi connectivity index (χ2n) is 5.85. The molecule has 1 fully saturated rings. The number of aromatic amines is 1. The Morgan fingerprint density at radius 3 is 2.45 bits per heavy atom. The number of hydrogen-bond donors (Lipinski definition) is 8. The van der Waals surface area contributed by atoms with Crippen molar-refractivity contribution in [3.05, 3.63) is 10.4 Å². The first-order valence-corrected chi connectivity index (χ1v) is 10.6. The third kappa shape index (κ3) is 4.49. The molecule has 3 heterocycles. The van der Waals surface area contributed by atoms with Gasteiger partial charge in [-0.1, -0.05) is 0 Å². The van der Waals surface area contributed by atoms with Gasteiger partial charge in [0.05, 0.1) is 6.61 Å². The van der Waals surface area contributed by atoms with Crippen LogP contribution in [0.1, 0.15) is 6.23 Å². The topological polar surface area (TPSA) is 279 Å². The Labute approximate surface area is 159 Å². The summed E-state index contributed by atoms with van der Waals surface area (Å²) in [6.45, 7) is -0.912. The van der Waals surface area contributed by atoms with Gasteiger partial charge in [0.15, 0.2) is 17.4 Å². The lowest BCUT2D eigenvalue weighted by Gasteiger charge is -2.18. The number of phosphoric acid groups is 2. The predicted molar refractivity (Wildman–Crippen MR) is 91.8 cm³/mol. The van der Waals surface area contributed by atoms with E-state index in [1.54, 1.807) is 0 Å². The Balaban J connectivity index is 1.85. The Hall–Kier alpha value is -1.91. The van der Waals surface area contributed by atoms with Gasteiger partial charge in [0.25, 0.3) is 5.56 Å². The molecule has 1 saturated heterocycles. The number of ether oxygens (including phenoxy) is 1. The van der Waals surface area contributed by atoms with E-state index in [9.17, 15) is 29.0 Å². The number of nitrogens with two attached hydrogens (primary N) is 2. The lowest BCUT2D eigenvalue weighted by molar-refractivity contribution is -0.0493. The van der Waals surface area contributed by atoms with Crippen LogP contribution < -0.4 is 17.0 Å². The van der Waals surface area contributed by atoms with Crippen LogP contribution >= 0.6 is 15.6 Å². The first kappa shape index (κ1) is 21.8. The summed E-state index contributed by atoms with van der Waals surface area (Å²) in [5.74, 6) is -0.605. The molecule has 1 aliphatic heterocycles. The average molecular weight is 458 g/mol. The van der Waals surface area contributed by atoms with Gasteiger partial charge in [0.1, 0.15) is 18.3 Å². The number of nitrogens with zero attached hydrogens (tertiary/aromatic N) is 3. The molecule has 29 heavy (non-hydrogen) atoms. The maximum absolute atomic E-state index is 11.9. The number of aromatic nitrogens is 4. The van der Waals surface area contributed by atoms with Gasteiger partial charge in [-0.2, -0.15) is 9.29 Å². The monoisotopic (exact) mass is 458 g/mol. The molecule has 0 bridgehead atoms. The molecule has 0 amide bonds. The van der Waals surface area contributed by atoms with Crippen LogP contribution in [0.15, 0.2) is 4.79 Å².